The maximum atomic E-state index is 13.3. The predicted molar refractivity (Wildman–Crippen MR) is 56.4 cm³/mol. The van der Waals surface area contributed by atoms with Crippen molar-refractivity contribution in [2.45, 2.75) is 13.3 Å². The Morgan fingerprint density at radius 3 is 2.69 bits per heavy atom. The zero-order valence-corrected chi connectivity index (χ0v) is 9.04. The molecule has 0 radical (unpaired) electrons. The largest absolute Gasteiger partial charge is 0.469 e. The monoisotopic (exact) mass is 225 g/mol. The minimum Gasteiger partial charge on any atom is -0.469 e. The maximum Gasteiger partial charge on any atom is 0.315 e. The highest BCUT2D eigenvalue weighted by molar-refractivity contribution is 6.02. The van der Waals surface area contributed by atoms with Crippen LogP contribution in [0.4, 0.5) is 10.1 Å². The van der Waals surface area contributed by atoms with Gasteiger partial charge in [-0.2, -0.15) is 0 Å². The van der Waals surface area contributed by atoms with Crippen molar-refractivity contribution in [3.05, 3.63) is 29.6 Å². The number of para-hydroxylation sites is 1. The number of aryl methyl sites for hydroxylation is 1. The zero-order valence-electron chi connectivity index (χ0n) is 9.04. The van der Waals surface area contributed by atoms with Gasteiger partial charge in [0.25, 0.3) is 0 Å². The van der Waals surface area contributed by atoms with Gasteiger partial charge in [-0.1, -0.05) is 12.1 Å². The first kappa shape index (κ1) is 12.2. The van der Waals surface area contributed by atoms with Gasteiger partial charge in [0.05, 0.1) is 12.8 Å². The van der Waals surface area contributed by atoms with Gasteiger partial charge in [-0.25, -0.2) is 4.39 Å². The fourth-order valence-corrected chi connectivity index (χ4v) is 1.18. The van der Waals surface area contributed by atoms with Crippen LogP contribution in [0, 0.1) is 12.7 Å². The molecule has 0 heterocycles. The van der Waals surface area contributed by atoms with E-state index in [4.69, 9.17) is 0 Å². The number of amides is 1. The number of halogens is 1. The first-order chi connectivity index (χ1) is 7.54. The number of hydrogen-bond acceptors (Lipinski definition) is 3. The van der Waals surface area contributed by atoms with Crippen LogP contribution in [-0.4, -0.2) is 19.0 Å². The summed E-state index contributed by atoms with van der Waals surface area (Å²) in [6, 6.07) is 4.44. The van der Waals surface area contributed by atoms with Gasteiger partial charge in [0.2, 0.25) is 5.91 Å². The van der Waals surface area contributed by atoms with E-state index in [9.17, 15) is 14.0 Å². The van der Waals surface area contributed by atoms with Crippen LogP contribution in [0.2, 0.25) is 0 Å². The highest BCUT2D eigenvalue weighted by Crippen LogP contribution is 2.18. The van der Waals surface area contributed by atoms with Crippen molar-refractivity contribution in [1.82, 2.24) is 0 Å². The van der Waals surface area contributed by atoms with Crippen molar-refractivity contribution in [2.75, 3.05) is 12.4 Å². The number of carbonyl (C=O) groups is 2. The first-order valence-corrected chi connectivity index (χ1v) is 4.66. The number of hydrogen-bond donors (Lipinski definition) is 1. The van der Waals surface area contributed by atoms with E-state index in [2.05, 4.69) is 10.1 Å². The average molecular weight is 225 g/mol. The number of carbonyl (C=O) groups excluding carboxylic acids is 2. The van der Waals surface area contributed by atoms with Crippen molar-refractivity contribution in [3.8, 4) is 0 Å². The lowest BCUT2D eigenvalue weighted by atomic mass is 10.2. The molecule has 1 amide bonds. The summed E-state index contributed by atoms with van der Waals surface area (Å²) in [7, 11) is 1.18. The van der Waals surface area contributed by atoms with E-state index >= 15 is 0 Å². The van der Waals surface area contributed by atoms with Gasteiger partial charge in [-0.05, 0) is 18.6 Å². The molecule has 1 aromatic rings. The maximum absolute atomic E-state index is 13.3. The van der Waals surface area contributed by atoms with Gasteiger partial charge < -0.3 is 10.1 Å². The molecule has 0 aliphatic heterocycles. The Balaban J connectivity index is 2.73. The van der Waals surface area contributed by atoms with Gasteiger partial charge in [0.15, 0.2) is 0 Å². The van der Waals surface area contributed by atoms with Crippen LogP contribution < -0.4 is 5.32 Å². The van der Waals surface area contributed by atoms with Crippen LogP contribution in [0.5, 0.6) is 0 Å². The topological polar surface area (TPSA) is 55.4 Å². The Morgan fingerprint density at radius 2 is 2.12 bits per heavy atom. The number of methoxy groups -OCH3 is 1. The molecule has 5 heteroatoms. The molecule has 4 nitrogen and oxygen atoms in total. The SMILES string of the molecule is COC(=O)CC(=O)Nc1c(C)cccc1F. The molecule has 0 atom stereocenters. The third-order valence-electron chi connectivity index (χ3n) is 2.02. The van der Waals surface area contributed by atoms with Gasteiger partial charge >= 0.3 is 5.97 Å². The van der Waals surface area contributed by atoms with Crippen LogP contribution in [0.3, 0.4) is 0 Å². The van der Waals surface area contributed by atoms with Crippen molar-refractivity contribution in [3.63, 3.8) is 0 Å². The summed E-state index contributed by atoms with van der Waals surface area (Å²) < 4.78 is 17.6. The minimum absolute atomic E-state index is 0.0939. The summed E-state index contributed by atoms with van der Waals surface area (Å²) in [5, 5.41) is 2.33. The van der Waals surface area contributed by atoms with Gasteiger partial charge in [-0.15, -0.1) is 0 Å². The number of esters is 1. The molecule has 0 bridgehead atoms. The Labute approximate surface area is 92.4 Å². The summed E-state index contributed by atoms with van der Waals surface area (Å²) in [5.74, 6) is -1.79. The Morgan fingerprint density at radius 1 is 1.44 bits per heavy atom. The van der Waals surface area contributed by atoms with E-state index in [1.54, 1.807) is 19.1 Å². The lowest BCUT2D eigenvalue weighted by Gasteiger charge is -2.08. The molecule has 1 aromatic carbocycles. The van der Waals surface area contributed by atoms with Crippen molar-refractivity contribution in [1.29, 1.82) is 0 Å². The molecule has 0 aliphatic rings. The summed E-state index contributed by atoms with van der Waals surface area (Å²) in [5.41, 5.74) is 0.689. The van der Waals surface area contributed by atoms with Crippen LogP contribution in [0.15, 0.2) is 18.2 Å². The molecule has 0 unspecified atom stereocenters. The second-order valence-corrected chi connectivity index (χ2v) is 3.23. The van der Waals surface area contributed by atoms with Gasteiger partial charge in [0.1, 0.15) is 12.2 Å². The lowest BCUT2D eigenvalue weighted by Crippen LogP contribution is -2.18. The van der Waals surface area contributed by atoms with Crippen LogP contribution in [0.1, 0.15) is 12.0 Å². The number of benzene rings is 1. The highest BCUT2D eigenvalue weighted by atomic mass is 19.1. The molecular formula is C11H12FNO3. The molecule has 0 saturated heterocycles. The molecule has 86 valence electrons. The summed E-state index contributed by atoms with van der Waals surface area (Å²) in [6.07, 6.45) is -0.426. The standard InChI is InChI=1S/C11H12FNO3/c1-7-4-3-5-8(12)11(7)13-9(14)6-10(15)16-2/h3-5H,6H2,1-2H3,(H,13,14). The molecule has 0 aliphatic carbocycles. The van der Waals surface area contributed by atoms with Crippen molar-refractivity contribution in [2.24, 2.45) is 0 Å². The van der Waals surface area contributed by atoms with E-state index < -0.39 is 24.1 Å². The van der Waals surface area contributed by atoms with E-state index in [1.807, 2.05) is 0 Å². The summed E-state index contributed by atoms with van der Waals surface area (Å²) >= 11 is 0. The summed E-state index contributed by atoms with van der Waals surface area (Å²) in [6.45, 7) is 1.66. The predicted octanol–water partition coefficient (Wildman–Crippen LogP) is 1.64. The quantitative estimate of drug-likeness (QED) is 0.628. The summed E-state index contributed by atoms with van der Waals surface area (Å²) in [4.78, 5) is 22.1. The number of ether oxygens (including phenoxy) is 1. The zero-order chi connectivity index (χ0) is 12.1. The molecule has 0 fully saturated rings. The molecule has 1 rings (SSSR count). The van der Waals surface area contributed by atoms with Crippen molar-refractivity contribution < 1.29 is 18.7 Å². The average Bonchev–Trinajstić information content (AvgIpc) is 2.23. The molecule has 0 aromatic heterocycles. The van der Waals surface area contributed by atoms with E-state index in [-0.39, 0.29) is 5.69 Å². The third kappa shape index (κ3) is 3.05. The Hall–Kier alpha value is -1.91. The first-order valence-electron chi connectivity index (χ1n) is 4.66. The molecule has 1 N–H and O–H groups in total. The molecule has 16 heavy (non-hydrogen) atoms. The van der Waals surface area contributed by atoms with E-state index in [0.717, 1.165) is 0 Å². The Bertz CT molecular complexity index is 397. The number of nitrogens with one attached hydrogen (secondary N) is 1. The van der Waals surface area contributed by atoms with Crippen molar-refractivity contribution >= 4 is 17.6 Å². The van der Waals surface area contributed by atoms with Crippen LogP contribution in [-0.2, 0) is 14.3 Å². The normalized spacial score (nSPS) is 9.69. The van der Waals surface area contributed by atoms with E-state index in [0.29, 0.717) is 5.56 Å². The fraction of sp³-hybridized carbons (Fsp3) is 0.273. The number of anilines is 1. The lowest BCUT2D eigenvalue weighted by molar-refractivity contribution is -0.142. The smallest absolute Gasteiger partial charge is 0.315 e. The minimum atomic E-state index is -0.661. The second kappa shape index (κ2) is 5.25. The molecule has 0 saturated carbocycles. The number of rotatable bonds is 3. The highest BCUT2D eigenvalue weighted by Gasteiger charge is 2.12. The molecular weight excluding hydrogens is 213 g/mol. The van der Waals surface area contributed by atoms with Crippen LogP contribution in [0.25, 0.3) is 0 Å². The fourth-order valence-electron chi connectivity index (χ4n) is 1.18. The molecule has 0 spiro atoms. The Kier molecular flexibility index (Phi) is 3.99. The van der Waals surface area contributed by atoms with Crippen LogP contribution >= 0.6 is 0 Å². The third-order valence-corrected chi connectivity index (χ3v) is 2.02. The second-order valence-electron chi connectivity index (χ2n) is 3.23. The van der Waals surface area contributed by atoms with Gasteiger partial charge in [0, 0.05) is 0 Å². The van der Waals surface area contributed by atoms with E-state index in [1.165, 1.54) is 13.2 Å². The van der Waals surface area contributed by atoms with Gasteiger partial charge in [-0.3, -0.25) is 9.59 Å².